The first kappa shape index (κ1) is 26.6. The van der Waals surface area contributed by atoms with Crippen LogP contribution in [0.3, 0.4) is 0 Å². The van der Waals surface area contributed by atoms with Crippen LogP contribution in [0.4, 0.5) is 0 Å². The van der Waals surface area contributed by atoms with Gasteiger partial charge in [-0.15, -0.1) is 6.58 Å². The molecule has 0 radical (unpaired) electrons. The Morgan fingerprint density at radius 2 is 1.41 bits per heavy atom. The summed E-state index contributed by atoms with van der Waals surface area (Å²) < 4.78 is 6.28. The van der Waals surface area contributed by atoms with Crippen molar-refractivity contribution >= 4 is 12.8 Å². The summed E-state index contributed by atoms with van der Waals surface area (Å²) in [6.07, 6.45) is 3.66. The Morgan fingerprint density at radius 3 is 1.91 bits per heavy atom. The number of hydrogen-bond acceptors (Lipinski definition) is 3. The van der Waals surface area contributed by atoms with Crippen molar-refractivity contribution in [3.05, 3.63) is 99.1 Å². The van der Waals surface area contributed by atoms with Crippen molar-refractivity contribution in [2.24, 2.45) is 0 Å². The van der Waals surface area contributed by atoms with E-state index in [2.05, 4.69) is 52.5 Å². The molecule has 0 amide bonds. The molecule has 0 heterocycles. The zero-order chi connectivity index (χ0) is 25.4. The van der Waals surface area contributed by atoms with Gasteiger partial charge in [0.05, 0.1) is 0 Å². The summed E-state index contributed by atoms with van der Waals surface area (Å²) in [5, 5.41) is 6.89. The summed E-state index contributed by atoms with van der Waals surface area (Å²) in [5.41, 5.74) is 12.4. The largest absolute Gasteiger partial charge is 0.489 e. The molecule has 0 unspecified atom stereocenters. The van der Waals surface area contributed by atoms with E-state index >= 15 is 0 Å². The molecule has 0 aliphatic rings. The van der Waals surface area contributed by atoms with Crippen LogP contribution >= 0.6 is 0 Å². The molecule has 178 valence electrons. The molecule has 3 aromatic rings. The van der Waals surface area contributed by atoms with E-state index in [1.165, 1.54) is 38.9 Å². The van der Waals surface area contributed by atoms with Crippen LogP contribution in [0.5, 0.6) is 5.75 Å². The molecule has 0 atom stereocenters. The van der Waals surface area contributed by atoms with Gasteiger partial charge in [0.15, 0.2) is 6.29 Å². The summed E-state index contributed by atoms with van der Waals surface area (Å²) in [6.45, 7) is 16.9. The van der Waals surface area contributed by atoms with Gasteiger partial charge in [0, 0.05) is 11.1 Å². The molecular weight excluding hydrogens is 424 g/mol. The summed E-state index contributed by atoms with van der Waals surface area (Å²) in [4.78, 5) is 20.0. The Hall–Kier alpha value is -3.66. The van der Waals surface area contributed by atoms with Gasteiger partial charge in [0.2, 0.25) is 0 Å². The second kappa shape index (κ2) is 12.0. The molecule has 0 bridgehead atoms. The van der Waals surface area contributed by atoms with Crippen LogP contribution in [0.25, 0.3) is 11.1 Å². The molecule has 3 rings (SSSR count). The van der Waals surface area contributed by atoms with Crippen LogP contribution in [-0.2, 0) is 17.8 Å². The molecule has 0 saturated carbocycles. The summed E-state index contributed by atoms with van der Waals surface area (Å²) in [7, 11) is 0. The van der Waals surface area contributed by atoms with Gasteiger partial charge in [-0.1, -0.05) is 36.4 Å². The molecule has 0 aliphatic heterocycles. The average molecular weight is 459 g/mol. The first-order valence-electron chi connectivity index (χ1n) is 11.3. The second-order valence-electron chi connectivity index (χ2n) is 8.45. The van der Waals surface area contributed by atoms with Crippen molar-refractivity contribution in [1.29, 1.82) is 0 Å². The van der Waals surface area contributed by atoms with Crippen LogP contribution < -0.4 is 4.74 Å². The van der Waals surface area contributed by atoms with Crippen molar-refractivity contribution in [2.75, 3.05) is 0 Å². The first-order valence-corrected chi connectivity index (χ1v) is 11.3. The molecule has 34 heavy (non-hydrogen) atoms. The molecule has 0 spiro atoms. The summed E-state index contributed by atoms with van der Waals surface area (Å²) in [5.74, 6) is 0.913. The maximum atomic E-state index is 11.7. The third-order valence-corrected chi connectivity index (χ3v) is 6.50. The lowest BCUT2D eigenvalue weighted by molar-refractivity contribution is -0.122. The van der Waals surface area contributed by atoms with Crippen molar-refractivity contribution in [1.82, 2.24) is 0 Å². The highest BCUT2D eigenvalue weighted by molar-refractivity contribution is 5.88. The third kappa shape index (κ3) is 5.45. The number of benzene rings is 3. The van der Waals surface area contributed by atoms with Crippen molar-refractivity contribution < 1.29 is 19.4 Å². The predicted molar refractivity (Wildman–Crippen MR) is 139 cm³/mol. The monoisotopic (exact) mass is 458 g/mol. The minimum Gasteiger partial charge on any atom is -0.489 e. The van der Waals surface area contributed by atoms with E-state index in [4.69, 9.17) is 14.6 Å². The Bertz CT molecular complexity index is 1160. The predicted octanol–water partition coefficient (Wildman–Crippen LogP) is 7.02. The van der Waals surface area contributed by atoms with E-state index in [0.717, 1.165) is 40.7 Å². The lowest BCUT2D eigenvalue weighted by Gasteiger charge is -2.24. The molecular formula is C30H34O4. The van der Waals surface area contributed by atoms with E-state index in [0.29, 0.717) is 6.61 Å². The number of aryl methyl sites for hydroxylation is 1. The molecule has 0 fully saturated rings. The zero-order valence-electron chi connectivity index (χ0n) is 21.0. The highest BCUT2D eigenvalue weighted by atomic mass is 16.5. The standard InChI is InChI=1S/C29H32O2.CH2O2/c1-8-12-25-23(7)28(29-21(5)19(3)26(16-30)20(4)22(29)6)18(2)15-27(25)31-17-24-13-10-9-11-14-24;2-1-3/h8-11,13-16H,1,12,17H2,2-7H3;1H,(H,2,3). The molecule has 0 saturated heterocycles. The number of hydrogen-bond donors (Lipinski definition) is 1. The number of ether oxygens (including phenoxy) is 1. The van der Waals surface area contributed by atoms with Crippen LogP contribution in [0.1, 0.15) is 54.9 Å². The van der Waals surface area contributed by atoms with Gasteiger partial charge >= 0.3 is 0 Å². The van der Waals surface area contributed by atoms with Gasteiger partial charge in [-0.3, -0.25) is 9.59 Å². The number of carbonyl (C=O) groups excluding carboxylic acids is 1. The van der Waals surface area contributed by atoms with Crippen LogP contribution in [0, 0.1) is 41.5 Å². The van der Waals surface area contributed by atoms with E-state index in [9.17, 15) is 4.79 Å². The fraction of sp³-hybridized carbons (Fsp3) is 0.267. The fourth-order valence-electron chi connectivity index (χ4n) is 4.53. The molecule has 0 aromatic heterocycles. The number of allylic oxidation sites excluding steroid dienone is 1. The second-order valence-corrected chi connectivity index (χ2v) is 8.45. The lowest BCUT2D eigenvalue weighted by Crippen LogP contribution is -2.07. The van der Waals surface area contributed by atoms with Crippen molar-refractivity contribution in [3.8, 4) is 16.9 Å². The zero-order valence-corrected chi connectivity index (χ0v) is 21.0. The number of rotatable bonds is 7. The third-order valence-electron chi connectivity index (χ3n) is 6.50. The van der Waals surface area contributed by atoms with Crippen LogP contribution in [-0.4, -0.2) is 17.9 Å². The Morgan fingerprint density at radius 1 is 0.853 bits per heavy atom. The highest BCUT2D eigenvalue weighted by Crippen LogP contribution is 2.41. The van der Waals surface area contributed by atoms with Crippen LogP contribution in [0.2, 0.25) is 0 Å². The smallest absolute Gasteiger partial charge is 0.290 e. The number of carbonyl (C=O) groups is 2. The molecule has 4 heteroatoms. The maximum absolute atomic E-state index is 11.7. The maximum Gasteiger partial charge on any atom is 0.290 e. The van der Waals surface area contributed by atoms with E-state index in [1.54, 1.807) is 0 Å². The van der Waals surface area contributed by atoms with Crippen LogP contribution in [0.15, 0.2) is 49.1 Å². The van der Waals surface area contributed by atoms with Gasteiger partial charge in [0.1, 0.15) is 12.4 Å². The first-order chi connectivity index (χ1) is 16.2. The Kier molecular flexibility index (Phi) is 9.37. The van der Waals surface area contributed by atoms with Gasteiger partial charge < -0.3 is 9.84 Å². The minimum absolute atomic E-state index is 0.250. The summed E-state index contributed by atoms with van der Waals surface area (Å²) >= 11 is 0. The van der Waals surface area contributed by atoms with Gasteiger partial charge in [-0.25, -0.2) is 0 Å². The molecule has 4 nitrogen and oxygen atoms in total. The van der Waals surface area contributed by atoms with E-state index in [-0.39, 0.29) is 6.47 Å². The highest BCUT2D eigenvalue weighted by Gasteiger charge is 2.21. The van der Waals surface area contributed by atoms with E-state index in [1.807, 2.05) is 38.1 Å². The molecule has 1 N–H and O–H groups in total. The van der Waals surface area contributed by atoms with Gasteiger partial charge in [-0.05, 0) is 104 Å². The van der Waals surface area contributed by atoms with Gasteiger partial charge in [0.25, 0.3) is 6.47 Å². The summed E-state index contributed by atoms with van der Waals surface area (Å²) in [6, 6.07) is 12.4. The quantitative estimate of drug-likeness (QED) is 0.305. The number of carboxylic acid groups (broad SMARTS) is 1. The number of aldehydes is 1. The Balaban J connectivity index is 0.00000129. The topological polar surface area (TPSA) is 63.6 Å². The van der Waals surface area contributed by atoms with Crippen molar-refractivity contribution in [2.45, 2.75) is 54.6 Å². The van der Waals surface area contributed by atoms with Crippen molar-refractivity contribution in [3.63, 3.8) is 0 Å². The Labute approximate surface area is 202 Å². The minimum atomic E-state index is -0.250. The van der Waals surface area contributed by atoms with Gasteiger partial charge in [-0.2, -0.15) is 0 Å². The fourth-order valence-corrected chi connectivity index (χ4v) is 4.53. The molecule has 3 aromatic carbocycles. The van der Waals surface area contributed by atoms with E-state index < -0.39 is 0 Å². The normalized spacial score (nSPS) is 10.2. The SMILES string of the molecule is C=CCc1c(OCc2ccccc2)cc(C)c(-c2c(C)c(C)c(C=O)c(C)c2C)c1C.O=CO. The lowest BCUT2D eigenvalue weighted by atomic mass is 9.81. The average Bonchev–Trinajstić information content (AvgIpc) is 2.82. The molecule has 0 aliphatic carbocycles.